The van der Waals surface area contributed by atoms with Gasteiger partial charge < -0.3 is 5.11 Å². The second-order valence-electron chi connectivity index (χ2n) is 3.53. The Balaban J connectivity index is 2.37. The third-order valence-electron chi connectivity index (χ3n) is 2.21. The van der Waals surface area contributed by atoms with E-state index < -0.39 is 21.8 Å². The van der Waals surface area contributed by atoms with E-state index in [0.29, 0.717) is 0 Å². The molecule has 0 amide bonds. The molecule has 0 radical (unpaired) electrons. The van der Waals surface area contributed by atoms with Crippen molar-refractivity contribution in [2.75, 3.05) is 4.72 Å². The van der Waals surface area contributed by atoms with Crippen LogP contribution in [0.2, 0.25) is 0 Å². The van der Waals surface area contributed by atoms with Crippen molar-refractivity contribution in [3.63, 3.8) is 0 Å². The number of carboxylic acids is 1. The summed E-state index contributed by atoms with van der Waals surface area (Å²) in [5.74, 6) is -1.92. The molecule has 0 unspecified atom stereocenters. The Morgan fingerprint density at radius 1 is 1.32 bits per heavy atom. The highest BCUT2D eigenvalue weighted by atomic mass is 32.2. The number of aromatic carboxylic acids is 1. The third kappa shape index (κ3) is 2.91. The molecule has 1 aromatic heterocycles. The molecule has 0 aliphatic rings. The predicted octanol–water partition coefficient (Wildman–Crippen LogP) is 2.39. The van der Waals surface area contributed by atoms with E-state index in [1.54, 1.807) is 0 Å². The fraction of sp³-hybridized carbons (Fsp3) is 0. The monoisotopic (exact) mass is 301 g/mol. The molecule has 0 atom stereocenters. The van der Waals surface area contributed by atoms with E-state index in [1.165, 1.54) is 23.6 Å². The maximum absolute atomic E-state index is 13.0. The van der Waals surface area contributed by atoms with Gasteiger partial charge in [0.25, 0.3) is 10.0 Å². The summed E-state index contributed by atoms with van der Waals surface area (Å²) in [5.41, 5.74) is -0.0400. The molecule has 0 saturated carbocycles. The average molecular weight is 301 g/mol. The molecule has 5 nitrogen and oxygen atoms in total. The number of nitrogens with one attached hydrogen (secondary N) is 1. The number of rotatable bonds is 4. The van der Waals surface area contributed by atoms with E-state index in [2.05, 4.69) is 4.72 Å². The first kappa shape index (κ1) is 13.5. The molecule has 0 aliphatic carbocycles. The Kier molecular flexibility index (Phi) is 3.54. The van der Waals surface area contributed by atoms with E-state index >= 15 is 0 Å². The molecule has 100 valence electrons. The molecule has 0 saturated heterocycles. The van der Waals surface area contributed by atoms with Gasteiger partial charge in [0.2, 0.25) is 0 Å². The minimum atomic E-state index is -4.01. The molecule has 0 aliphatic heterocycles. The summed E-state index contributed by atoms with van der Waals surface area (Å²) in [4.78, 5) is 10.5. The molecule has 2 aromatic rings. The van der Waals surface area contributed by atoms with Crippen LogP contribution in [-0.4, -0.2) is 19.5 Å². The molecule has 2 rings (SSSR count). The molecule has 19 heavy (non-hydrogen) atoms. The molecule has 0 fully saturated rings. The molecule has 0 bridgehead atoms. The van der Waals surface area contributed by atoms with Gasteiger partial charge in [-0.2, -0.15) is 0 Å². The van der Waals surface area contributed by atoms with Gasteiger partial charge in [0.05, 0.1) is 10.6 Å². The van der Waals surface area contributed by atoms with Crippen molar-refractivity contribution >= 4 is 33.0 Å². The SMILES string of the molecule is O=C(O)c1sccc1NS(=O)(=O)c1cccc(F)c1. The first-order valence-electron chi connectivity index (χ1n) is 4.99. The van der Waals surface area contributed by atoms with E-state index in [0.717, 1.165) is 23.5 Å². The maximum atomic E-state index is 13.0. The van der Waals surface area contributed by atoms with Crippen LogP contribution in [0.3, 0.4) is 0 Å². The van der Waals surface area contributed by atoms with Crippen LogP contribution < -0.4 is 4.72 Å². The Bertz CT molecular complexity index is 724. The molecule has 0 spiro atoms. The number of carboxylic acid groups (broad SMARTS) is 1. The fourth-order valence-corrected chi connectivity index (χ4v) is 3.25. The zero-order valence-corrected chi connectivity index (χ0v) is 11.0. The number of thiophene rings is 1. The lowest BCUT2D eigenvalue weighted by Gasteiger charge is -2.07. The predicted molar refractivity (Wildman–Crippen MR) is 68.5 cm³/mol. The van der Waals surface area contributed by atoms with Crippen LogP contribution >= 0.6 is 11.3 Å². The van der Waals surface area contributed by atoms with Crippen molar-refractivity contribution < 1.29 is 22.7 Å². The van der Waals surface area contributed by atoms with Gasteiger partial charge in [0.1, 0.15) is 10.7 Å². The first-order chi connectivity index (χ1) is 8.90. The lowest BCUT2D eigenvalue weighted by atomic mass is 10.4. The van der Waals surface area contributed by atoms with Crippen molar-refractivity contribution in [2.24, 2.45) is 0 Å². The van der Waals surface area contributed by atoms with Crippen LogP contribution in [0.1, 0.15) is 9.67 Å². The molecule has 1 heterocycles. The Morgan fingerprint density at radius 3 is 2.68 bits per heavy atom. The number of sulfonamides is 1. The van der Waals surface area contributed by atoms with Gasteiger partial charge in [-0.3, -0.25) is 4.72 Å². The van der Waals surface area contributed by atoms with Crippen LogP contribution in [-0.2, 0) is 10.0 Å². The summed E-state index contributed by atoms with van der Waals surface area (Å²) < 4.78 is 39.0. The van der Waals surface area contributed by atoms with Crippen molar-refractivity contribution in [3.8, 4) is 0 Å². The van der Waals surface area contributed by atoms with Crippen molar-refractivity contribution in [3.05, 3.63) is 46.4 Å². The zero-order chi connectivity index (χ0) is 14.0. The highest BCUT2D eigenvalue weighted by Gasteiger charge is 2.19. The fourth-order valence-electron chi connectivity index (χ4n) is 1.39. The number of halogens is 1. The normalized spacial score (nSPS) is 11.2. The topological polar surface area (TPSA) is 83.5 Å². The minimum Gasteiger partial charge on any atom is -0.477 e. The minimum absolute atomic E-state index is 0.0400. The van der Waals surface area contributed by atoms with Gasteiger partial charge in [-0.25, -0.2) is 17.6 Å². The molecule has 1 aromatic carbocycles. The second-order valence-corrected chi connectivity index (χ2v) is 6.13. The second kappa shape index (κ2) is 4.98. The number of carbonyl (C=O) groups is 1. The highest BCUT2D eigenvalue weighted by Crippen LogP contribution is 2.25. The summed E-state index contributed by atoms with van der Waals surface area (Å²) in [5, 5.41) is 10.3. The van der Waals surface area contributed by atoms with Crippen LogP contribution in [0.4, 0.5) is 10.1 Å². The van der Waals surface area contributed by atoms with Crippen molar-refractivity contribution in [1.82, 2.24) is 0 Å². The van der Waals surface area contributed by atoms with Crippen LogP contribution in [0.15, 0.2) is 40.6 Å². The maximum Gasteiger partial charge on any atom is 0.348 e. The quantitative estimate of drug-likeness (QED) is 0.908. The van der Waals surface area contributed by atoms with Crippen LogP contribution in [0.5, 0.6) is 0 Å². The molecule has 8 heteroatoms. The summed E-state index contributed by atoms with van der Waals surface area (Å²) >= 11 is 0.896. The smallest absolute Gasteiger partial charge is 0.348 e. The van der Waals surface area contributed by atoms with Gasteiger partial charge >= 0.3 is 5.97 Å². The van der Waals surface area contributed by atoms with Crippen LogP contribution in [0, 0.1) is 5.82 Å². The van der Waals surface area contributed by atoms with Gasteiger partial charge in [-0.15, -0.1) is 11.3 Å². The number of hydrogen-bond donors (Lipinski definition) is 2. The molecular formula is C11H8FNO4S2. The molecule has 2 N–H and O–H groups in total. The summed E-state index contributed by atoms with van der Waals surface area (Å²) in [6.45, 7) is 0. The molecular weight excluding hydrogens is 293 g/mol. The Morgan fingerprint density at radius 2 is 2.05 bits per heavy atom. The van der Waals surface area contributed by atoms with Crippen molar-refractivity contribution in [1.29, 1.82) is 0 Å². The lowest BCUT2D eigenvalue weighted by molar-refractivity contribution is 0.0703. The van der Waals surface area contributed by atoms with Gasteiger partial charge in [0.15, 0.2) is 0 Å². The van der Waals surface area contributed by atoms with Gasteiger partial charge in [-0.1, -0.05) is 6.07 Å². The van der Waals surface area contributed by atoms with E-state index in [1.807, 2.05) is 0 Å². The zero-order valence-electron chi connectivity index (χ0n) is 9.33. The summed E-state index contributed by atoms with van der Waals surface area (Å²) in [7, 11) is -4.01. The van der Waals surface area contributed by atoms with Crippen LogP contribution in [0.25, 0.3) is 0 Å². The van der Waals surface area contributed by atoms with Gasteiger partial charge in [-0.05, 0) is 29.6 Å². The largest absolute Gasteiger partial charge is 0.477 e. The average Bonchev–Trinajstić information content (AvgIpc) is 2.76. The Hall–Kier alpha value is -1.93. The number of hydrogen-bond acceptors (Lipinski definition) is 4. The standard InChI is InChI=1S/C11H8FNO4S2/c12-7-2-1-3-8(6-7)19(16,17)13-9-4-5-18-10(9)11(14)15/h1-6,13H,(H,14,15). The number of anilines is 1. The van der Waals surface area contributed by atoms with E-state index in [9.17, 15) is 17.6 Å². The number of benzene rings is 1. The first-order valence-corrected chi connectivity index (χ1v) is 7.35. The Labute approximate surface area is 112 Å². The summed E-state index contributed by atoms with van der Waals surface area (Å²) in [6, 6.07) is 5.79. The van der Waals surface area contributed by atoms with E-state index in [-0.39, 0.29) is 15.5 Å². The lowest BCUT2D eigenvalue weighted by Crippen LogP contribution is -2.14. The van der Waals surface area contributed by atoms with Crippen molar-refractivity contribution in [2.45, 2.75) is 4.90 Å². The van der Waals surface area contributed by atoms with E-state index in [4.69, 9.17) is 5.11 Å². The third-order valence-corrected chi connectivity index (χ3v) is 4.48. The highest BCUT2D eigenvalue weighted by molar-refractivity contribution is 7.92. The summed E-state index contributed by atoms with van der Waals surface area (Å²) in [6.07, 6.45) is 0. The van der Waals surface area contributed by atoms with Gasteiger partial charge in [0, 0.05) is 0 Å².